The molecule has 0 N–H and O–H groups in total. The van der Waals surface area contributed by atoms with Crippen LogP contribution in [0, 0.1) is 5.92 Å². The van der Waals surface area contributed by atoms with Gasteiger partial charge >= 0.3 is 0 Å². The average molecular weight is 116 g/mol. The van der Waals surface area contributed by atoms with Crippen molar-refractivity contribution < 1.29 is 9.53 Å². The van der Waals surface area contributed by atoms with Gasteiger partial charge in [-0.3, -0.25) is 0 Å². The first kappa shape index (κ1) is 7.63. The van der Waals surface area contributed by atoms with E-state index < -0.39 is 0 Å². The molecule has 0 saturated carbocycles. The molecule has 0 aliphatic carbocycles. The van der Waals surface area contributed by atoms with Crippen LogP contribution in [0.2, 0.25) is 0 Å². The summed E-state index contributed by atoms with van der Waals surface area (Å²) in [6, 6.07) is 0. The van der Waals surface area contributed by atoms with Crippen LogP contribution < -0.4 is 0 Å². The van der Waals surface area contributed by atoms with E-state index in [-0.39, 0.29) is 12.0 Å². The lowest BCUT2D eigenvalue weighted by atomic mass is 10.1. The molecule has 0 fully saturated rings. The lowest BCUT2D eigenvalue weighted by Gasteiger charge is -2.10. The molecule has 0 unspecified atom stereocenters. The summed E-state index contributed by atoms with van der Waals surface area (Å²) in [4.78, 5) is 10.0. The molecule has 0 radical (unpaired) electrons. The van der Waals surface area contributed by atoms with E-state index in [0.29, 0.717) is 0 Å². The summed E-state index contributed by atoms with van der Waals surface area (Å²) in [6.07, 6.45) is 0.946. The van der Waals surface area contributed by atoms with Gasteiger partial charge in [-0.15, -0.1) is 0 Å². The molecule has 0 spiro atoms. The van der Waals surface area contributed by atoms with E-state index in [2.05, 4.69) is 0 Å². The number of hydrogen-bond acceptors (Lipinski definition) is 2. The first-order chi connectivity index (χ1) is 3.72. The molecule has 0 bridgehead atoms. The zero-order valence-electron chi connectivity index (χ0n) is 5.55. The van der Waals surface area contributed by atoms with Crippen molar-refractivity contribution in [3.8, 4) is 0 Å². The Kier molecular flexibility index (Phi) is 3.44. The minimum atomic E-state index is 0.0139. The van der Waals surface area contributed by atoms with Gasteiger partial charge in [-0.25, -0.2) is 0 Å². The second kappa shape index (κ2) is 3.61. The van der Waals surface area contributed by atoms with Gasteiger partial charge in [0.2, 0.25) is 0 Å². The van der Waals surface area contributed by atoms with E-state index in [9.17, 15) is 4.79 Å². The van der Waals surface area contributed by atoms with E-state index in [4.69, 9.17) is 4.74 Å². The summed E-state index contributed by atoms with van der Waals surface area (Å²) < 4.78 is 4.87. The van der Waals surface area contributed by atoms with Gasteiger partial charge in [0, 0.05) is 13.0 Å². The lowest BCUT2D eigenvalue weighted by Crippen LogP contribution is -2.16. The molecule has 2 heteroatoms. The molecule has 8 heavy (non-hydrogen) atoms. The highest BCUT2D eigenvalue weighted by atomic mass is 16.5. The Hall–Kier alpha value is -0.370. The monoisotopic (exact) mass is 116 g/mol. The summed E-state index contributed by atoms with van der Waals surface area (Å²) >= 11 is 0. The van der Waals surface area contributed by atoms with Gasteiger partial charge in [0.05, 0.1) is 6.10 Å². The predicted molar refractivity (Wildman–Crippen MR) is 31.7 cm³/mol. The van der Waals surface area contributed by atoms with Crippen molar-refractivity contribution in [2.75, 3.05) is 7.11 Å². The van der Waals surface area contributed by atoms with Crippen LogP contribution in [0.3, 0.4) is 0 Å². The van der Waals surface area contributed by atoms with Crippen LogP contribution in [0.5, 0.6) is 0 Å². The predicted octanol–water partition coefficient (Wildman–Crippen LogP) is 0.856. The van der Waals surface area contributed by atoms with Crippen LogP contribution >= 0.6 is 0 Å². The lowest BCUT2D eigenvalue weighted by molar-refractivity contribution is -0.113. The van der Waals surface area contributed by atoms with Crippen molar-refractivity contribution in [2.24, 2.45) is 5.92 Å². The quantitative estimate of drug-likeness (QED) is 0.511. The summed E-state index contributed by atoms with van der Waals surface area (Å²) in [5.41, 5.74) is 0. The third kappa shape index (κ3) is 2.07. The van der Waals surface area contributed by atoms with E-state index in [1.54, 1.807) is 7.11 Å². The topological polar surface area (TPSA) is 26.3 Å². The van der Waals surface area contributed by atoms with Crippen molar-refractivity contribution >= 4 is 6.29 Å². The summed E-state index contributed by atoms with van der Waals surface area (Å²) in [5, 5.41) is 0. The third-order valence-corrected chi connectivity index (χ3v) is 1.33. The fourth-order valence-electron chi connectivity index (χ4n) is 0.325. The molecule has 0 amide bonds. The van der Waals surface area contributed by atoms with E-state index in [1.165, 1.54) is 0 Å². The number of aldehydes is 1. The Morgan fingerprint density at radius 3 is 2.12 bits per heavy atom. The highest BCUT2D eigenvalue weighted by Crippen LogP contribution is 2.00. The highest BCUT2D eigenvalue weighted by Gasteiger charge is 2.07. The van der Waals surface area contributed by atoms with Gasteiger partial charge < -0.3 is 9.53 Å². The first-order valence-corrected chi connectivity index (χ1v) is 2.70. The average Bonchev–Trinajstić information content (AvgIpc) is 1.84. The van der Waals surface area contributed by atoms with Gasteiger partial charge in [0.25, 0.3) is 0 Å². The van der Waals surface area contributed by atoms with Crippen molar-refractivity contribution in [1.29, 1.82) is 0 Å². The number of rotatable bonds is 3. The maximum atomic E-state index is 10.0. The minimum absolute atomic E-state index is 0.0139. The molecule has 0 rings (SSSR count). The minimum Gasteiger partial charge on any atom is -0.381 e. The third-order valence-electron chi connectivity index (χ3n) is 1.33. The Balaban J connectivity index is 3.44. The van der Waals surface area contributed by atoms with Gasteiger partial charge in [-0.2, -0.15) is 0 Å². The van der Waals surface area contributed by atoms with E-state index >= 15 is 0 Å². The van der Waals surface area contributed by atoms with Gasteiger partial charge in [0.15, 0.2) is 0 Å². The molecule has 48 valence electrons. The Morgan fingerprint density at radius 2 is 2.00 bits per heavy atom. The van der Waals surface area contributed by atoms with E-state index in [0.717, 1.165) is 6.29 Å². The molecule has 0 aromatic heterocycles. The fourth-order valence-corrected chi connectivity index (χ4v) is 0.325. The maximum Gasteiger partial charge on any atom is 0.125 e. The van der Waals surface area contributed by atoms with Crippen LogP contribution in [0.25, 0.3) is 0 Å². The smallest absolute Gasteiger partial charge is 0.125 e. The van der Waals surface area contributed by atoms with Crippen LogP contribution in [0.1, 0.15) is 13.8 Å². The largest absolute Gasteiger partial charge is 0.381 e. The molecule has 0 heterocycles. The summed E-state index contributed by atoms with van der Waals surface area (Å²) in [5.74, 6) is 0.0139. The SMILES string of the molecule is CO[C@@H](C)[C@@H](C)C=O. The summed E-state index contributed by atoms with van der Waals surface area (Å²) in [6.45, 7) is 3.71. The first-order valence-electron chi connectivity index (χ1n) is 2.70. The van der Waals surface area contributed by atoms with Gasteiger partial charge in [-0.1, -0.05) is 6.92 Å². The number of methoxy groups -OCH3 is 1. The molecule has 0 aliphatic heterocycles. The van der Waals surface area contributed by atoms with Crippen LogP contribution in [0.4, 0.5) is 0 Å². The van der Waals surface area contributed by atoms with Crippen LogP contribution in [0.15, 0.2) is 0 Å². The normalized spacial score (nSPS) is 17.4. The Labute approximate surface area is 49.8 Å². The van der Waals surface area contributed by atoms with Crippen molar-refractivity contribution in [2.45, 2.75) is 20.0 Å². The van der Waals surface area contributed by atoms with E-state index in [1.807, 2.05) is 13.8 Å². The van der Waals surface area contributed by atoms with Crippen LogP contribution in [-0.4, -0.2) is 19.5 Å². The molecular formula is C6H12O2. The van der Waals surface area contributed by atoms with Gasteiger partial charge in [-0.05, 0) is 6.92 Å². The molecule has 0 aliphatic rings. The Bertz CT molecular complexity index is 70.9. The molecule has 0 aromatic carbocycles. The molecular weight excluding hydrogens is 104 g/mol. The Morgan fingerprint density at radius 1 is 1.50 bits per heavy atom. The standard InChI is InChI=1S/C6H12O2/c1-5(4-7)6(2)8-3/h4-6H,1-3H3/t5-,6-/m0/s1. The number of ether oxygens (including phenoxy) is 1. The van der Waals surface area contributed by atoms with Crippen LogP contribution in [-0.2, 0) is 9.53 Å². The highest BCUT2D eigenvalue weighted by molar-refractivity contribution is 5.53. The zero-order valence-corrected chi connectivity index (χ0v) is 5.55. The molecule has 2 atom stereocenters. The second-order valence-electron chi connectivity index (χ2n) is 1.94. The fraction of sp³-hybridized carbons (Fsp3) is 0.833. The zero-order chi connectivity index (χ0) is 6.57. The number of hydrogen-bond donors (Lipinski definition) is 0. The number of carbonyl (C=O) groups excluding carboxylic acids is 1. The van der Waals surface area contributed by atoms with Gasteiger partial charge in [0.1, 0.15) is 6.29 Å². The summed E-state index contributed by atoms with van der Waals surface area (Å²) in [7, 11) is 1.60. The molecule has 0 aromatic rings. The van der Waals surface area contributed by atoms with Crippen molar-refractivity contribution in [3.05, 3.63) is 0 Å². The van der Waals surface area contributed by atoms with Crippen molar-refractivity contribution in [1.82, 2.24) is 0 Å². The van der Waals surface area contributed by atoms with Crippen molar-refractivity contribution in [3.63, 3.8) is 0 Å². The molecule has 2 nitrogen and oxygen atoms in total. The maximum absolute atomic E-state index is 10.0. The second-order valence-corrected chi connectivity index (χ2v) is 1.94. The number of carbonyl (C=O) groups is 1. The molecule has 0 saturated heterocycles.